The van der Waals surface area contributed by atoms with Crippen molar-refractivity contribution < 1.29 is 27.5 Å². The van der Waals surface area contributed by atoms with E-state index in [0.29, 0.717) is 68.7 Å². The van der Waals surface area contributed by atoms with Gasteiger partial charge in [0.15, 0.2) is 0 Å². The predicted octanol–water partition coefficient (Wildman–Crippen LogP) is 4.14. The van der Waals surface area contributed by atoms with Crippen molar-refractivity contribution in [1.29, 1.82) is 5.26 Å². The monoisotopic (exact) mass is 673 g/mol. The van der Waals surface area contributed by atoms with E-state index in [-0.39, 0.29) is 37.1 Å². The highest BCUT2D eigenvalue weighted by atomic mass is 28.3. The van der Waals surface area contributed by atoms with E-state index in [0.717, 1.165) is 18.1 Å². The number of alkyl halides is 3. The van der Waals surface area contributed by atoms with Crippen LogP contribution in [0.1, 0.15) is 43.2 Å². The molecule has 3 aliphatic rings. The van der Waals surface area contributed by atoms with Crippen molar-refractivity contribution in [3.63, 3.8) is 0 Å². The topological polar surface area (TPSA) is 125 Å². The van der Waals surface area contributed by atoms with Gasteiger partial charge in [-0.3, -0.25) is 14.4 Å². The summed E-state index contributed by atoms with van der Waals surface area (Å²) in [5, 5.41) is 13.0. The number of nitriles is 1. The third kappa shape index (κ3) is 8.03. The number of aromatic nitrogens is 3. The molecule has 11 nitrogen and oxygen atoms in total. The van der Waals surface area contributed by atoms with Crippen molar-refractivity contribution in [1.82, 2.24) is 19.7 Å². The number of Topliss-reactive ketones (excluding diaryl/α,β-unsaturated/α-hetero) is 1. The fourth-order valence-corrected chi connectivity index (χ4v) is 7.57. The molecule has 2 aromatic heterocycles. The van der Waals surface area contributed by atoms with Gasteiger partial charge < -0.3 is 19.4 Å². The molecular formula is C32H42F3N7O4Si. The van der Waals surface area contributed by atoms with E-state index in [1.54, 1.807) is 17.0 Å². The Labute approximate surface area is 273 Å². The zero-order valence-corrected chi connectivity index (χ0v) is 28.1. The lowest BCUT2D eigenvalue weighted by atomic mass is 9.91. The van der Waals surface area contributed by atoms with Crippen LogP contribution in [0.4, 0.5) is 24.7 Å². The predicted molar refractivity (Wildman–Crippen MR) is 172 cm³/mol. The zero-order chi connectivity index (χ0) is 33.9. The molecule has 2 saturated heterocycles. The fraction of sp³-hybridized carbons (Fsp3) is 0.625. The summed E-state index contributed by atoms with van der Waals surface area (Å²) < 4.78 is 49.3. The molecule has 0 aromatic carbocycles. The Morgan fingerprint density at radius 3 is 2.45 bits per heavy atom. The first-order valence-electron chi connectivity index (χ1n) is 16.2. The number of halogens is 3. The summed E-state index contributed by atoms with van der Waals surface area (Å²) in [5.74, 6) is -0.490. The fourth-order valence-electron chi connectivity index (χ4n) is 6.81. The highest BCUT2D eigenvalue weighted by Crippen LogP contribution is 2.42. The van der Waals surface area contributed by atoms with Gasteiger partial charge in [0.1, 0.15) is 30.0 Å². The summed E-state index contributed by atoms with van der Waals surface area (Å²) in [6.45, 7) is 8.79. The molecule has 1 saturated carbocycles. The number of hydrogen-bond donors (Lipinski definition) is 0. The van der Waals surface area contributed by atoms with Crippen molar-refractivity contribution in [3.8, 4) is 6.07 Å². The maximum atomic E-state index is 14.4. The average Bonchev–Trinajstić information content (AvgIpc) is 3.65. The van der Waals surface area contributed by atoms with Crippen LogP contribution in [0.25, 0.3) is 0 Å². The number of pyridine rings is 1. The van der Waals surface area contributed by atoms with Crippen molar-refractivity contribution in [2.75, 3.05) is 49.1 Å². The van der Waals surface area contributed by atoms with Crippen LogP contribution in [0.3, 0.4) is 0 Å². The molecule has 1 amide bonds. The van der Waals surface area contributed by atoms with Gasteiger partial charge in [0.2, 0.25) is 5.91 Å². The summed E-state index contributed by atoms with van der Waals surface area (Å²) in [4.78, 5) is 49.6. The zero-order valence-electron chi connectivity index (χ0n) is 27.1. The molecule has 3 fully saturated rings. The number of anilines is 2. The molecule has 0 radical (unpaired) electrons. The molecule has 15 heteroatoms. The van der Waals surface area contributed by atoms with Crippen LogP contribution >= 0.6 is 0 Å². The number of amides is 1. The van der Waals surface area contributed by atoms with Gasteiger partial charge in [-0.2, -0.15) is 23.5 Å². The van der Waals surface area contributed by atoms with E-state index < -0.39 is 43.3 Å². The van der Waals surface area contributed by atoms with Gasteiger partial charge in [0.05, 0.1) is 17.4 Å². The Morgan fingerprint density at radius 1 is 1.06 bits per heavy atom. The first kappa shape index (κ1) is 34.6. The van der Waals surface area contributed by atoms with Crippen LogP contribution in [0.2, 0.25) is 25.7 Å². The van der Waals surface area contributed by atoms with Gasteiger partial charge in [0, 0.05) is 77.9 Å². The third-order valence-electron chi connectivity index (χ3n) is 9.44. The molecule has 0 N–H and O–H groups in total. The molecule has 0 bridgehead atoms. The minimum absolute atomic E-state index is 0.0697. The Hall–Kier alpha value is -3.77. The summed E-state index contributed by atoms with van der Waals surface area (Å²) in [6.07, 6.45) is -0.183. The van der Waals surface area contributed by atoms with Crippen molar-refractivity contribution in [3.05, 3.63) is 46.0 Å². The molecule has 2 aromatic rings. The van der Waals surface area contributed by atoms with E-state index in [1.165, 1.54) is 11.1 Å². The molecule has 254 valence electrons. The maximum Gasteiger partial charge on any atom is 0.423 e. The van der Waals surface area contributed by atoms with Gasteiger partial charge in [-0.1, -0.05) is 19.6 Å². The molecule has 4 heterocycles. The lowest BCUT2D eigenvalue weighted by Gasteiger charge is -2.36. The molecular weight excluding hydrogens is 631 g/mol. The number of piperazine rings is 1. The Bertz CT molecular complexity index is 1550. The molecule has 0 spiro atoms. The van der Waals surface area contributed by atoms with Crippen LogP contribution < -0.4 is 15.4 Å². The Balaban J connectivity index is 1.22. The third-order valence-corrected chi connectivity index (χ3v) is 11.1. The number of hydrogen-bond acceptors (Lipinski definition) is 9. The normalized spacial score (nSPS) is 22.2. The summed E-state index contributed by atoms with van der Waals surface area (Å²) in [7, 11) is -1.42. The van der Waals surface area contributed by atoms with Crippen molar-refractivity contribution >= 4 is 31.3 Å². The molecule has 3 atom stereocenters. The van der Waals surface area contributed by atoms with E-state index in [2.05, 4.69) is 29.7 Å². The largest absolute Gasteiger partial charge is 0.423 e. The van der Waals surface area contributed by atoms with Crippen LogP contribution in [0.5, 0.6) is 0 Å². The van der Waals surface area contributed by atoms with Crippen LogP contribution in [-0.4, -0.2) is 84.8 Å². The van der Waals surface area contributed by atoms with Crippen molar-refractivity contribution in [2.24, 2.45) is 11.8 Å². The highest BCUT2D eigenvalue weighted by molar-refractivity contribution is 6.76. The SMILES string of the molecule is C[Si](C)(C)CCOCn1ncc(N2CCC[C@H]2C2CCC(CC(=O)N3CCN(c4ccc(C#N)cn4)CC3)C2=O)c(C(F)(F)F)c1=O. The Kier molecular flexibility index (Phi) is 10.4. The van der Waals surface area contributed by atoms with Gasteiger partial charge in [-0.15, -0.1) is 0 Å². The quantitative estimate of drug-likeness (QED) is 0.270. The van der Waals surface area contributed by atoms with Crippen molar-refractivity contribution in [2.45, 2.75) is 76.7 Å². The number of ether oxygens (including phenoxy) is 1. The van der Waals surface area contributed by atoms with Crippen LogP contribution in [0.15, 0.2) is 29.3 Å². The van der Waals surface area contributed by atoms with Gasteiger partial charge >= 0.3 is 6.18 Å². The summed E-state index contributed by atoms with van der Waals surface area (Å²) in [5.41, 5.74) is -2.38. The molecule has 2 unspecified atom stereocenters. The number of carbonyl (C=O) groups is 2. The van der Waals surface area contributed by atoms with E-state index in [4.69, 9.17) is 10.00 Å². The average molecular weight is 674 g/mol. The second-order valence-electron chi connectivity index (χ2n) is 13.8. The summed E-state index contributed by atoms with van der Waals surface area (Å²) in [6, 6.07) is 5.83. The van der Waals surface area contributed by atoms with Gasteiger partial charge in [-0.05, 0) is 43.9 Å². The first-order chi connectivity index (χ1) is 22.3. The molecule has 1 aliphatic carbocycles. The van der Waals surface area contributed by atoms with E-state index in [9.17, 15) is 27.6 Å². The second-order valence-corrected chi connectivity index (χ2v) is 19.5. The minimum atomic E-state index is -4.92. The minimum Gasteiger partial charge on any atom is -0.366 e. The number of carbonyl (C=O) groups excluding carboxylic acids is 2. The van der Waals surface area contributed by atoms with Crippen LogP contribution in [-0.2, 0) is 27.2 Å². The maximum absolute atomic E-state index is 14.4. The first-order valence-corrected chi connectivity index (χ1v) is 19.9. The number of ketones is 1. The summed E-state index contributed by atoms with van der Waals surface area (Å²) >= 11 is 0. The Morgan fingerprint density at radius 2 is 1.81 bits per heavy atom. The molecule has 47 heavy (non-hydrogen) atoms. The lowest BCUT2D eigenvalue weighted by Crippen LogP contribution is -2.49. The molecule has 2 aliphatic heterocycles. The van der Waals surface area contributed by atoms with Gasteiger partial charge in [0.25, 0.3) is 5.56 Å². The smallest absolute Gasteiger partial charge is 0.366 e. The number of rotatable bonds is 10. The standard InChI is InChI=1S/C32H42F3N7O4Si/c1-47(2,3)16-15-46-21-42-31(45)29(32(33,34)35)26(20-38-42)41-10-4-5-25(41)24-8-7-23(30(24)44)17-28(43)40-13-11-39(12-14-40)27-9-6-22(18-36)19-37-27/h6,9,19-20,23-25H,4-5,7-8,10-17,21H2,1-3H3/t23?,24?,25-/m0/s1. The van der Waals surface area contributed by atoms with Crippen LogP contribution in [0, 0.1) is 23.2 Å². The van der Waals surface area contributed by atoms with Gasteiger partial charge in [-0.25, -0.2) is 9.67 Å². The lowest BCUT2D eigenvalue weighted by molar-refractivity contribution is -0.139. The van der Waals surface area contributed by atoms with E-state index >= 15 is 0 Å². The second kappa shape index (κ2) is 14.1. The van der Waals surface area contributed by atoms with E-state index in [1.807, 2.05) is 11.0 Å². The number of nitrogens with zero attached hydrogens (tertiary/aromatic N) is 7. The molecule has 5 rings (SSSR count). The highest BCUT2D eigenvalue weighted by Gasteiger charge is 2.47.